The number of ether oxygens (including phenoxy) is 2. The molecule has 1 heterocycles. The predicted molar refractivity (Wildman–Crippen MR) is 118 cm³/mol. The third-order valence-corrected chi connectivity index (χ3v) is 4.61. The molecular formula is C19H33IN4O2. The van der Waals surface area contributed by atoms with Gasteiger partial charge in [0.1, 0.15) is 5.75 Å². The van der Waals surface area contributed by atoms with E-state index in [-0.39, 0.29) is 24.0 Å². The van der Waals surface area contributed by atoms with Gasteiger partial charge in [-0.1, -0.05) is 26.0 Å². The van der Waals surface area contributed by atoms with Gasteiger partial charge in [0.2, 0.25) is 0 Å². The molecule has 1 atom stereocenters. The number of nitrogens with one attached hydrogen (secondary N) is 2. The summed E-state index contributed by atoms with van der Waals surface area (Å²) in [4.78, 5) is 6.85. The molecule has 148 valence electrons. The largest absolute Gasteiger partial charge is 0.497 e. The van der Waals surface area contributed by atoms with Crippen molar-refractivity contribution < 1.29 is 9.47 Å². The lowest BCUT2D eigenvalue weighted by Gasteiger charge is -2.37. The molecule has 0 radical (unpaired) electrons. The summed E-state index contributed by atoms with van der Waals surface area (Å²) in [6.45, 7) is 9.81. The summed E-state index contributed by atoms with van der Waals surface area (Å²) in [5.41, 5.74) is 1.19. The summed E-state index contributed by atoms with van der Waals surface area (Å²) in [7, 11) is 3.49. The van der Waals surface area contributed by atoms with E-state index in [1.807, 2.05) is 19.2 Å². The molecule has 0 spiro atoms. The maximum atomic E-state index is 5.47. The molecule has 2 rings (SSSR count). The summed E-state index contributed by atoms with van der Waals surface area (Å²) < 4.78 is 10.7. The van der Waals surface area contributed by atoms with Crippen LogP contribution in [-0.2, 0) is 11.3 Å². The molecule has 7 heteroatoms. The number of rotatable bonds is 7. The number of morpholine rings is 1. The van der Waals surface area contributed by atoms with Crippen molar-refractivity contribution in [3.8, 4) is 5.75 Å². The highest BCUT2D eigenvalue weighted by molar-refractivity contribution is 14.0. The number of hydrogen-bond donors (Lipinski definition) is 2. The van der Waals surface area contributed by atoms with Crippen molar-refractivity contribution in [1.82, 2.24) is 15.5 Å². The van der Waals surface area contributed by atoms with Gasteiger partial charge in [-0.25, -0.2) is 0 Å². The molecule has 0 aromatic heterocycles. The molecular weight excluding hydrogens is 443 g/mol. The zero-order valence-corrected chi connectivity index (χ0v) is 18.7. The fourth-order valence-electron chi connectivity index (χ4n) is 3.05. The SMILES string of the molecule is CN=C(NCc1ccc(OC)cc1)NCC(C(C)C)N1CCOCC1.I. The van der Waals surface area contributed by atoms with Gasteiger partial charge in [0.15, 0.2) is 5.96 Å². The van der Waals surface area contributed by atoms with Gasteiger partial charge in [0, 0.05) is 39.3 Å². The summed E-state index contributed by atoms with van der Waals surface area (Å²) >= 11 is 0. The van der Waals surface area contributed by atoms with Crippen LogP contribution in [0.15, 0.2) is 29.3 Å². The third-order valence-electron chi connectivity index (χ3n) is 4.61. The average Bonchev–Trinajstić information content (AvgIpc) is 2.65. The minimum absolute atomic E-state index is 0. The molecule has 0 amide bonds. The van der Waals surface area contributed by atoms with Gasteiger partial charge in [-0.2, -0.15) is 0 Å². The van der Waals surface area contributed by atoms with E-state index in [1.165, 1.54) is 5.56 Å². The zero-order valence-electron chi connectivity index (χ0n) is 16.3. The van der Waals surface area contributed by atoms with Gasteiger partial charge in [-0.3, -0.25) is 9.89 Å². The molecule has 1 fully saturated rings. The predicted octanol–water partition coefficient (Wildman–Crippen LogP) is 2.34. The maximum Gasteiger partial charge on any atom is 0.191 e. The summed E-state index contributed by atoms with van der Waals surface area (Å²) in [6.07, 6.45) is 0. The van der Waals surface area contributed by atoms with Crippen LogP contribution < -0.4 is 15.4 Å². The van der Waals surface area contributed by atoms with Gasteiger partial charge in [-0.15, -0.1) is 24.0 Å². The first-order chi connectivity index (χ1) is 12.1. The first kappa shape index (κ1) is 23.0. The molecule has 2 N–H and O–H groups in total. The Morgan fingerprint density at radius 3 is 2.38 bits per heavy atom. The first-order valence-electron chi connectivity index (χ1n) is 9.03. The Hall–Kier alpha value is -1.06. The molecule has 26 heavy (non-hydrogen) atoms. The monoisotopic (exact) mass is 476 g/mol. The molecule has 1 aromatic carbocycles. The lowest BCUT2D eigenvalue weighted by atomic mass is 10.0. The Labute approximate surface area is 174 Å². The van der Waals surface area contributed by atoms with Crippen LogP contribution in [0.25, 0.3) is 0 Å². The highest BCUT2D eigenvalue weighted by atomic mass is 127. The van der Waals surface area contributed by atoms with Gasteiger partial charge in [-0.05, 0) is 23.6 Å². The minimum Gasteiger partial charge on any atom is -0.497 e. The number of benzene rings is 1. The molecule has 0 aliphatic carbocycles. The number of nitrogens with zero attached hydrogens (tertiary/aromatic N) is 2. The van der Waals surface area contributed by atoms with Crippen LogP contribution in [0.2, 0.25) is 0 Å². The topological polar surface area (TPSA) is 58.1 Å². The Bertz CT molecular complexity index is 531. The molecule has 0 bridgehead atoms. The van der Waals surface area contributed by atoms with Crippen molar-refractivity contribution >= 4 is 29.9 Å². The third kappa shape index (κ3) is 7.28. The standard InChI is InChI=1S/C19H32N4O2.HI/c1-15(2)18(23-9-11-25-12-10-23)14-22-19(20-3)21-13-16-5-7-17(24-4)8-6-16;/h5-8,15,18H,9-14H2,1-4H3,(H2,20,21,22);1H. The molecule has 1 aromatic rings. The van der Waals surface area contributed by atoms with Gasteiger partial charge >= 0.3 is 0 Å². The van der Waals surface area contributed by atoms with Crippen molar-refractivity contribution in [2.24, 2.45) is 10.9 Å². The second kappa shape index (κ2) is 12.3. The van der Waals surface area contributed by atoms with Gasteiger partial charge < -0.3 is 20.1 Å². The van der Waals surface area contributed by atoms with Crippen molar-refractivity contribution in [3.63, 3.8) is 0 Å². The van der Waals surface area contributed by atoms with Crippen LogP contribution in [0.3, 0.4) is 0 Å². The van der Waals surface area contributed by atoms with E-state index < -0.39 is 0 Å². The number of hydrogen-bond acceptors (Lipinski definition) is 4. The average molecular weight is 476 g/mol. The smallest absolute Gasteiger partial charge is 0.191 e. The second-order valence-electron chi connectivity index (χ2n) is 6.61. The van der Waals surface area contributed by atoms with E-state index in [9.17, 15) is 0 Å². The van der Waals surface area contributed by atoms with E-state index in [0.717, 1.165) is 51.1 Å². The molecule has 1 aliphatic rings. The summed E-state index contributed by atoms with van der Waals surface area (Å²) in [5.74, 6) is 2.27. The quantitative estimate of drug-likeness (QED) is 0.360. The Morgan fingerprint density at radius 2 is 1.85 bits per heavy atom. The molecule has 6 nitrogen and oxygen atoms in total. The van der Waals surface area contributed by atoms with Gasteiger partial charge in [0.25, 0.3) is 0 Å². The van der Waals surface area contributed by atoms with Crippen LogP contribution >= 0.6 is 24.0 Å². The van der Waals surface area contributed by atoms with Crippen LogP contribution in [-0.4, -0.2) is 63.9 Å². The fraction of sp³-hybridized carbons (Fsp3) is 0.632. The second-order valence-corrected chi connectivity index (χ2v) is 6.61. The van der Waals surface area contributed by atoms with E-state index in [4.69, 9.17) is 9.47 Å². The normalized spacial score (nSPS) is 16.7. The van der Waals surface area contributed by atoms with Crippen molar-refractivity contribution in [2.45, 2.75) is 26.4 Å². The number of methoxy groups -OCH3 is 1. The zero-order chi connectivity index (χ0) is 18.1. The van der Waals surface area contributed by atoms with E-state index >= 15 is 0 Å². The van der Waals surface area contributed by atoms with Crippen LogP contribution in [0.5, 0.6) is 5.75 Å². The highest BCUT2D eigenvalue weighted by Crippen LogP contribution is 2.13. The molecule has 0 saturated carbocycles. The van der Waals surface area contributed by atoms with Crippen molar-refractivity contribution in [1.29, 1.82) is 0 Å². The number of guanidine groups is 1. The minimum atomic E-state index is 0. The number of aliphatic imine (C=N–C) groups is 1. The van der Waals surface area contributed by atoms with Crippen molar-refractivity contribution in [3.05, 3.63) is 29.8 Å². The van der Waals surface area contributed by atoms with Crippen LogP contribution in [0.1, 0.15) is 19.4 Å². The lowest BCUT2D eigenvalue weighted by molar-refractivity contribution is 0.00752. The van der Waals surface area contributed by atoms with Gasteiger partial charge in [0.05, 0.1) is 20.3 Å². The number of halogens is 1. The first-order valence-corrected chi connectivity index (χ1v) is 9.03. The molecule has 1 unspecified atom stereocenters. The highest BCUT2D eigenvalue weighted by Gasteiger charge is 2.23. The lowest BCUT2D eigenvalue weighted by Crippen LogP contribution is -2.52. The van der Waals surface area contributed by atoms with E-state index in [1.54, 1.807) is 7.11 Å². The van der Waals surface area contributed by atoms with Crippen molar-refractivity contribution in [2.75, 3.05) is 47.0 Å². The molecule has 1 aliphatic heterocycles. The Kier molecular flexibility index (Phi) is 10.9. The van der Waals surface area contributed by atoms with E-state index in [2.05, 4.69) is 46.5 Å². The maximum absolute atomic E-state index is 5.47. The summed E-state index contributed by atoms with van der Waals surface area (Å²) in [6, 6.07) is 8.54. The Morgan fingerprint density at radius 1 is 1.19 bits per heavy atom. The molecule has 1 saturated heterocycles. The summed E-state index contributed by atoms with van der Waals surface area (Å²) in [5, 5.41) is 6.85. The van der Waals surface area contributed by atoms with E-state index in [0.29, 0.717) is 12.0 Å². The van der Waals surface area contributed by atoms with Crippen LogP contribution in [0, 0.1) is 5.92 Å². The fourth-order valence-corrected chi connectivity index (χ4v) is 3.05. The van der Waals surface area contributed by atoms with Crippen LogP contribution in [0.4, 0.5) is 0 Å². The Balaban J connectivity index is 0.00000338.